The second kappa shape index (κ2) is 7.09. The van der Waals surface area contributed by atoms with Crippen molar-refractivity contribution in [2.24, 2.45) is 22.7 Å². The quantitative estimate of drug-likeness (QED) is 0.644. The normalized spacial score (nSPS) is 41.8. The monoisotopic (exact) mass is 423 g/mol. The molecule has 4 fully saturated rings. The topological polar surface area (TPSA) is 74.3 Å². The summed E-state index contributed by atoms with van der Waals surface area (Å²) in [6.45, 7) is 12.9. The van der Waals surface area contributed by atoms with Crippen molar-refractivity contribution in [3.05, 3.63) is 0 Å². The van der Waals surface area contributed by atoms with Gasteiger partial charge in [-0.05, 0) is 56.3 Å². The first-order chi connectivity index (χ1) is 13.9. The van der Waals surface area contributed by atoms with E-state index in [4.69, 9.17) is 18.9 Å². The molecular formula is C23H37NO6. The molecule has 4 rings (SSSR count). The number of fused-ring (bicyclic) bond motifs is 5. The molecule has 7 nitrogen and oxygen atoms in total. The largest absolute Gasteiger partial charge is 0.467 e. The lowest BCUT2D eigenvalue weighted by Crippen LogP contribution is -2.44. The maximum atomic E-state index is 12.7. The van der Waals surface area contributed by atoms with E-state index in [1.54, 1.807) is 0 Å². The molecule has 0 radical (unpaired) electrons. The van der Waals surface area contributed by atoms with E-state index in [0.29, 0.717) is 30.2 Å². The number of nitrogens with zero attached hydrogens (tertiary/aromatic N) is 1. The summed E-state index contributed by atoms with van der Waals surface area (Å²) in [5.74, 6) is 0.762. The van der Waals surface area contributed by atoms with Crippen LogP contribution in [-0.2, 0) is 23.7 Å². The highest BCUT2D eigenvalue weighted by Crippen LogP contribution is 2.71. The van der Waals surface area contributed by atoms with Crippen LogP contribution in [0, 0.1) is 22.7 Å². The van der Waals surface area contributed by atoms with Gasteiger partial charge >= 0.3 is 12.1 Å². The Morgan fingerprint density at radius 3 is 2.43 bits per heavy atom. The number of carbonyl (C=O) groups is 2. The Morgan fingerprint density at radius 1 is 1.13 bits per heavy atom. The number of carbonyl (C=O) groups excluding carboxylic acids is 2. The molecule has 0 N–H and O–H groups in total. The number of hydrogen-bond acceptors (Lipinski definition) is 6. The van der Waals surface area contributed by atoms with E-state index in [-0.39, 0.29) is 23.9 Å². The van der Waals surface area contributed by atoms with Crippen molar-refractivity contribution >= 4 is 12.1 Å². The zero-order chi connectivity index (χ0) is 22.1. The Balaban J connectivity index is 1.41. The highest BCUT2D eigenvalue weighted by atomic mass is 16.7. The molecule has 0 unspecified atom stereocenters. The van der Waals surface area contributed by atoms with Crippen LogP contribution in [0.2, 0.25) is 0 Å². The fourth-order valence-corrected chi connectivity index (χ4v) is 6.56. The van der Waals surface area contributed by atoms with Crippen LogP contribution >= 0.6 is 0 Å². The maximum absolute atomic E-state index is 12.7. The molecule has 0 aromatic heterocycles. The molecule has 2 saturated heterocycles. The van der Waals surface area contributed by atoms with E-state index in [0.717, 1.165) is 6.42 Å². The van der Waals surface area contributed by atoms with Gasteiger partial charge in [0.2, 0.25) is 0 Å². The highest BCUT2D eigenvalue weighted by Gasteiger charge is 2.69. The predicted octanol–water partition coefficient (Wildman–Crippen LogP) is 3.74. The van der Waals surface area contributed by atoms with Crippen LogP contribution in [0.4, 0.5) is 4.79 Å². The maximum Gasteiger partial charge on any atom is 0.411 e. The minimum atomic E-state index is -0.691. The third-order valence-corrected chi connectivity index (χ3v) is 8.38. The van der Waals surface area contributed by atoms with Crippen molar-refractivity contribution < 1.29 is 28.5 Å². The van der Waals surface area contributed by atoms with Crippen LogP contribution in [0.15, 0.2) is 0 Å². The summed E-state index contributed by atoms with van der Waals surface area (Å²) in [7, 11) is 1.34. The number of esters is 1. The number of amides is 1. The van der Waals surface area contributed by atoms with Crippen LogP contribution in [0.25, 0.3) is 0 Å². The van der Waals surface area contributed by atoms with Gasteiger partial charge in [-0.3, -0.25) is 4.90 Å². The van der Waals surface area contributed by atoms with Crippen LogP contribution in [0.1, 0.15) is 67.2 Å². The van der Waals surface area contributed by atoms with E-state index in [1.807, 2.05) is 20.8 Å². The van der Waals surface area contributed by atoms with Crippen LogP contribution in [-0.4, -0.2) is 60.8 Å². The van der Waals surface area contributed by atoms with Crippen LogP contribution in [0.3, 0.4) is 0 Å². The minimum absolute atomic E-state index is 0.188. The summed E-state index contributed by atoms with van der Waals surface area (Å²) in [6.07, 6.45) is 2.92. The molecule has 0 aromatic carbocycles. The van der Waals surface area contributed by atoms with Crippen molar-refractivity contribution in [2.75, 3.05) is 13.7 Å². The first-order valence-electron chi connectivity index (χ1n) is 11.3. The number of rotatable bonds is 3. The lowest BCUT2D eigenvalue weighted by atomic mass is 9.70. The molecule has 2 saturated carbocycles. The van der Waals surface area contributed by atoms with Gasteiger partial charge in [-0.25, -0.2) is 9.59 Å². The lowest BCUT2D eigenvalue weighted by Gasteiger charge is -2.38. The second-order valence-electron chi connectivity index (χ2n) is 11.3. The molecule has 2 bridgehead atoms. The van der Waals surface area contributed by atoms with E-state index in [1.165, 1.54) is 24.9 Å². The number of ether oxygens (including phenoxy) is 4. The van der Waals surface area contributed by atoms with Gasteiger partial charge in [0.15, 0.2) is 6.29 Å². The van der Waals surface area contributed by atoms with E-state index in [2.05, 4.69) is 20.8 Å². The summed E-state index contributed by atoms with van der Waals surface area (Å²) >= 11 is 0. The molecule has 7 heteroatoms. The fourth-order valence-electron chi connectivity index (χ4n) is 6.56. The Labute approximate surface area is 179 Å². The highest BCUT2D eigenvalue weighted by molar-refractivity contribution is 5.82. The van der Waals surface area contributed by atoms with Crippen molar-refractivity contribution in [3.8, 4) is 0 Å². The molecule has 30 heavy (non-hydrogen) atoms. The van der Waals surface area contributed by atoms with Gasteiger partial charge in [0.25, 0.3) is 0 Å². The molecule has 7 atom stereocenters. The number of likely N-dealkylation sites (tertiary alicyclic amines) is 1. The first-order valence-corrected chi connectivity index (χ1v) is 11.3. The summed E-state index contributed by atoms with van der Waals surface area (Å²) in [5.41, 5.74) is -0.151. The molecule has 170 valence electrons. The smallest absolute Gasteiger partial charge is 0.411 e. The zero-order valence-electron chi connectivity index (χ0n) is 19.4. The number of methoxy groups -OCH3 is 1. The van der Waals surface area contributed by atoms with Crippen molar-refractivity contribution in [3.63, 3.8) is 0 Å². The average molecular weight is 424 g/mol. The van der Waals surface area contributed by atoms with Crippen molar-refractivity contribution in [2.45, 2.75) is 97.4 Å². The van der Waals surface area contributed by atoms with Gasteiger partial charge in [-0.15, -0.1) is 0 Å². The molecule has 2 aliphatic carbocycles. The molecule has 0 spiro atoms. The summed E-state index contributed by atoms with van der Waals surface area (Å²) in [4.78, 5) is 26.4. The molecular weight excluding hydrogens is 386 g/mol. The molecule has 2 aliphatic heterocycles. The van der Waals surface area contributed by atoms with Crippen LogP contribution < -0.4 is 0 Å². The van der Waals surface area contributed by atoms with Gasteiger partial charge in [0, 0.05) is 12.8 Å². The lowest BCUT2D eigenvalue weighted by molar-refractivity contribution is -0.183. The molecule has 4 aliphatic rings. The molecule has 1 amide bonds. The Kier molecular flexibility index (Phi) is 5.17. The second-order valence-corrected chi connectivity index (χ2v) is 11.3. The minimum Gasteiger partial charge on any atom is -0.467 e. The standard InChI is InChI=1S/C23H37NO6/c1-21(2,3)30-20(26)24-12-13(10-16(24)19(25)27-7)28-17-11-14-15-8-9-23(6,18(14)29-17)22(15,4)5/h13-18H,8-12H2,1-7H3/t13-,14-,15-,16+,17-,18-,23+/m1/s1. The van der Waals surface area contributed by atoms with Crippen molar-refractivity contribution in [1.29, 1.82) is 0 Å². The van der Waals surface area contributed by atoms with Crippen LogP contribution in [0.5, 0.6) is 0 Å². The van der Waals surface area contributed by atoms with Crippen molar-refractivity contribution in [1.82, 2.24) is 4.90 Å². The summed E-state index contributed by atoms with van der Waals surface area (Å²) in [6, 6.07) is -0.691. The third kappa shape index (κ3) is 3.32. The Hall–Kier alpha value is -1.34. The summed E-state index contributed by atoms with van der Waals surface area (Å²) in [5, 5.41) is 0. The first kappa shape index (κ1) is 21.9. The number of hydrogen-bond donors (Lipinski definition) is 0. The summed E-state index contributed by atoms with van der Waals surface area (Å²) < 4.78 is 23.2. The zero-order valence-corrected chi connectivity index (χ0v) is 19.4. The SMILES string of the molecule is COC(=O)[C@@H]1C[C@@H](O[C@H]2C[C@@H]3[C@H]4CC[C@@](C)([C@@H]3O2)C4(C)C)CN1C(=O)OC(C)(C)C. The van der Waals surface area contributed by atoms with E-state index < -0.39 is 23.7 Å². The van der Waals surface area contributed by atoms with E-state index in [9.17, 15) is 9.59 Å². The van der Waals surface area contributed by atoms with Gasteiger partial charge in [0.1, 0.15) is 11.6 Å². The Bertz CT molecular complexity index is 715. The van der Waals surface area contributed by atoms with Gasteiger partial charge in [0.05, 0.1) is 25.9 Å². The Morgan fingerprint density at radius 2 is 1.83 bits per heavy atom. The fraction of sp³-hybridized carbons (Fsp3) is 0.913. The molecule has 2 heterocycles. The van der Waals surface area contributed by atoms with Gasteiger partial charge in [-0.1, -0.05) is 20.8 Å². The molecule has 0 aromatic rings. The average Bonchev–Trinajstić information content (AvgIpc) is 3.32. The van der Waals surface area contributed by atoms with E-state index >= 15 is 0 Å². The predicted molar refractivity (Wildman–Crippen MR) is 110 cm³/mol. The van der Waals surface area contributed by atoms with Gasteiger partial charge < -0.3 is 18.9 Å². The van der Waals surface area contributed by atoms with Gasteiger partial charge in [-0.2, -0.15) is 0 Å². The third-order valence-electron chi connectivity index (χ3n) is 8.38.